The molecular weight excluding hydrogens is 338 g/mol. The van der Waals surface area contributed by atoms with E-state index in [2.05, 4.69) is 39.6 Å². The van der Waals surface area contributed by atoms with Gasteiger partial charge in [0.2, 0.25) is 0 Å². The van der Waals surface area contributed by atoms with Gasteiger partial charge in [0.25, 0.3) is 0 Å². The minimum Gasteiger partial charge on any atom is -0.465 e. The van der Waals surface area contributed by atoms with Crippen LogP contribution in [0.1, 0.15) is 15.9 Å². The Morgan fingerprint density at radius 1 is 1.04 bits per heavy atom. The number of aromatic amines is 1. The molecule has 0 saturated carbocycles. The number of nitrogens with zero attached hydrogens (tertiary/aromatic N) is 1. The number of fused-ring (bicyclic) bond motifs is 1. The molecule has 2 aromatic heterocycles. The molecule has 4 rings (SSSR count). The predicted molar refractivity (Wildman–Crippen MR) is 107 cm³/mol. The van der Waals surface area contributed by atoms with E-state index in [-0.39, 0.29) is 5.97 Å². The second-order valence-corrected chi connectivity index (χ2v) is 6.27. The zero-order valence-electron chi connectivity index (χ0n) is 14.9. The van der Waals surface area contributed by atoms with Gasteiger partial charge in [-0.25, -0.2) is 4.79 Å². The van der Waals surface area contributed by atoms with Crippen LogP contribution in [0.3, 0.4) is 0 Å². The highest BCUT2D eigenvalue weighted by molar-refractivity contribution is 5.89. The molecule has 0 aliphatic heterocycles. The second-order valence-electron chi connectivity index (χ2n) is 6.27. The lowest BCUT2D eigenvalue weighted by molar-refractivity contribution is 0.0600. The third-order valence-corrected chi connectivity index (χ3v) is 4.47. The van der Waals surface area contributed by atoms with Crippen molar-refractivity contribution in [3.05, 3.63) is 84.2 Å². The standard InChI is InChI=1S/C22H19N3O2/c1-27-22(26)19-4-2-3-15(11-19)14-24-21-13-18-6-5-17(12-20(18)25-21)16-7-9-23-10-8-16/h2-13,24-25H,14H2,1H3. The number of rotatable bonds is 5. The topological polar surface area (TPSA) is 67.0 Å². The SMILES string of the molecule is COC(=O)c1cccc(CNc2cc3ccc(-c4ccncc4)cc3[nH]2)c1. The first-order valence-corrected chi connectivity index (χ1v) is 8.67. The number of ether oxygens (including phenoxy) is 1. The Morgan fingerprint density at radius 3 is 2.70 bits per heavy atom. The van der Waals surface area contributed by atoms with Crippen LogP contribution in [0.4, 0.5) is 5.82 Å². The van der Waals surface area contributed by atoms with Crippen LogP contribution < -0.4 is 5.32 Å². The molecule has 0 amide bonds. The van der Waals surface area contributed by atoms with Gasteiger partial charge in [-0.05, 0) is 53.1 Å². The fraction of sp³-hybridized carbons (Fsp3) is 0.0909. The highest BCUT2D eigenvalue weighted by Gasteiger charge is 2.07. The Hall–Kier alpha value is -3.60. The first kappa shape index (κ1) is 16.8. The molecule has 0 fully saturated rings. The summed E-state index contributed by atoms with van der Waals surface area (Å²) < 4.78 is 4.77. The lowest BCUT2D eigenvalue weighted by Gasteiger charge is -2.06. The molecular formula is C22H19N3O2. The number of methoxy groups -OCH3 is 1. The van der Waals surface area contributed by atoms with Gasteiger partial charge < -0.3 is 15.0 Å². The largest absolute Gasteiger partial charge is 0.465 e. The van der Waals surface area contributed by atoms with Crippen LogP contribution in [-0.2, 0) is 11.3 Å². The quantitative estimate of drug-likeness (QED) is 0.511. The van der Waals surface area contributed by atoms with Crippen LogP contribution >= 0.6 is 0 Å². The number of benzene rings is 2. The molecule has 0 spiro atoms. The van der Waals surface area contributed by atoms with E-state index in [0.717, 1.165) is 33.4 Å². The number of hydrogen-bond acceptors (Lipinski definition) is 4. The summed E-state index contributed by atoms with van der Waals surface area (Å²) in [5, 5.41) is 4.51. The molecule has 5 heteroatoms. The molecule has 27 heavy (non-hydrogen) atoms. The summed E-state index contributed by atoms with van der Waals surface area (Å²) >= 11 is 0. The summed E-state index contributed by atoms with van der Waals surface area (Å²) in [4.78, 5) is 19.1. The van der Waals surface area contributed by atoms with E-state index < -0.39 is 0 Å². The van der Waals surface area contributed by atoms with Crippen LogP contribution in [0.5, 0.6) is 0 Å². The number of carbonyl (C=O) groups is 1. The highest BCUT2D eigenvalue weighted by Crippen LogP contribution is 2.26. The number of H-pyrrole nitrogens is 1. The monoisotopic (exact) mass is 357 g/mol. The lowest BCUT2D eigenvalue weighted by Crippen LogP contribution is -2.04. The number of esters is 1. The number of aromatic nitrogens is 2. The zero-order valence-corrected chi connectivity index (χ0v) is 14.9. The van der Waals surface area contributed by atoms with Crippen molar-refractivity contribution >= 4 is 22.7 Å². The minimum absolute atomic E-state index is 0.328. The van der Waals surface area contributed by atoms with Crippen molar-refractivity contribution in [3.63, 3.8) is 0 Å². The van der Waals surface area contributed by atoms with Crippen molar-refractivity contribution in [2.24, 2.45) is 0 Å². The van der Waals surface area contributed by atoms with Crippen molar-refractivity contribution in [2.75, 3.05) is 12.4 Å². The molecule has 0 saturated heterocycles. The average Bonchev–Trinajstić information content (AvgIpc) is 3.14. The molecule has 134 valence electrons. The lowest BCUT2D eigenvalue weighted by atomic mass is 10.1. The fourth-order valence-electron chi connectivity index (χ4n) is 3.07. The predicted octanol–water partition coefficient (Wildman–Crippen LogP) is 4.63. The third kappa shape index (κ3) is 3.67. The molecule has 0 bridgehead atoms. The van der Waals surface area contributed by atoms with Gasteiger partial charge in [-0.3, -0.25) is 4.98 Å². The van der Waals surface area contributed by atoms with Gasteiger partial charge in [-0.15, -0.1) is 0 Å². The summed E-state index contributed by atoms with van der Waals surface area (Å²) in [6, 6.07) is 19.8. The Kier molecular flexibility index (Phi) is 4.58. The van der Waals surface area contributed by atoms with E-state index in [0.29, 0.717) is 12.1 Å². The van der Waals surface area contributed by atoms with Crippen molar-refractivity contribution < 1.29 is 9.53 Å². The molecule has 0 atom stereocenters. The van der Waals surface area contributed by atoms with Gasteiger partial charge >= 0.3 is 5.97 Å². The molecule has 4 aromatic rings. The van der Waals surface area contributed by atoms with Gasteiger partial charge in [0, 0.05) is 29.8 Å². The van der Waals surface area contributed by atoms with Crippen LogP contribution in [0, 0.1) is 0 Å². The normalized spacial score (nSPS) is 10.7. The molecule has 2 N–H and O–H groups in total. The Morgan fingerprint density at radius 2 is 1.89 bits per heavy atom. The molecule has 2 heterocycles. The van der Waals surface area contributed by atoms with Gasteiger partial charge in [-0.1, -0.05) is 24.3 Å². The molecule has 0 aliphatic carbocycles. The van der Waals surface area contributed by atoms with E-state index >= 15 is 0 Å². The first-order chi connectivity index (χ1) is 13.2. The van der Waals surface area contributed by atoms with Crippen LogP contribution in [0.25, 0.3) is 22.0 Å². The molecule has 5 nitrogen and oxygen atoms in total. The van der Waals surface area contributed by atoms with E-state index in [4.69, 9.17) is 4.74 Å². The van der Waals surface area contributed by atoms with E-state index in [1.807, 2.05) is 30.3 Å². The number of carbonyl (C=O) groups excluding carboxylic acids is 1. The average molecular weight is 357 g/mol. The van der Waals surface area contributed by atoms with Crippen molar-refractivity contribution in [2.45, 2.75) is 6.54 Å². The molecule has 2 aromatic carbocycles. The molecule has 0 aliphatic rings. The van der Waals surface area contributed by atoms with E-state index in [1.165, 1.54) is 7.11 Å². The van der Waals surface area contributed by atoms with Crippen LogP contribution in [0.2, 0.25) is 0 Å². The first-order valence-electron chi connectivity index (χ1n) is 8.67. The smallest absolute Gasteiger partial charge is 0.337 e. The van der Waals surface area contributed by atoms with Crippen LogP contribution in [-0.4, -0.2) is 23.0 Å². The Bertz CT molecular complexity index is 1090. The van der Waals surface area contributed by atoms with Crippen molar-refractivity contribution in [1.29, 1.82) is 0 Å². The van der Waals surface area contributed by atoms with Crippen LogP contribution in [0.15, 0.2) is 73.1 Å². The second kappa shape index (κ2) is 7.33. The highest BCUT2D eigenvalue weighted by atomic mass is 16.5. The molecule has 0 unspecified atom stereocenters. The number of pyridine rings is 1. The van der Waals surface area contributed by atoms with Gasteiger partial charge in [0.1, 0.15) is 5.82 Å². The van der Waals surface area contributed by atoms with E-state index in [1.54, 1.807) is 18.5 Å². The summed E-state index contributed by atoms with van der Waals surface area (Å²) in [6.45, 7) is 0.606. The van der Waals surface area contributed by atoms with Gasteiger partial charge in [-0.2, -0.15) is 0 Å². The summed E-state index contributed by atoms with van der Waals surface area (Å²) in [5.74, 6) is 0.603. The van der Waals surface area contributed by atoms with Gasteiger partial charge in [0.05, 0.1) is 12.7 Å². The maximum absolute atomic E-state index is 11.7. The third-order valence-electron chi connectivity index (χ3n) is 4.47. The summed E-state index contributed by atoms with van der Waals surface area (Å²) in [5.41, 5.74) is 4.90. The summed E-state index contributed by atoms with van der Waals surface area (Å²) in [6.07, 6.45) is 3.59. The Labute approximate surface area is 157 Å². The van der Waals surface area contributed by atoms with E-state index in [9.17, 15) is 4.79 Å². The van der Waals surface area contributed by atoms with Crippen molar-refractivity contribution in [1.82, 2.24) is 9.97 Å². The number of nitrogens with one attached hydrogen (secondary N) is 2. The number of hydrogen-bond donors (Lipinski definition) is 2. The maximum atomic E-state index is 11.7. The Balaban J connectivity index is 1.52. The zero-order chi connectivity index (χ0) is 18.6. The minimum atomic E-state index is -0.328. The van der Waals surface area contributed by atoms with Gasteiger partial charge in [0.15, 0.2) is 0 Å². The van der Waals surface area contributed by atoms with Crippen molar-refractivity contribution in [3.8, 4) is 11.1 Å². The fourth-order valence-corrected chi connectivity index (χ4v) is 3.07. The molecule has 0 radical (unpaired) electrons. The maximum Gasteiger partial charge on any atom is 0.337 e. The number of anilines is 1. The summed E-state index contributed by atoms with van der Waals surface area (Å²) in [7, 11) is 1.39.